The van der Waals surface area contributed by atoms with Crippen molar-refractivity contribution in [1.29, 1.82) is 0 Å². The number of aromatic carboxylic acids is 1. The van der Waals surface area contributed by atoms with Gasteiger partial charge in [-0.15, -0.1) is 0 Å². The molecule has 0 bridgehead atoms. The topological polar surface area (TPSA) is 59.6 Å². The van der Waals surface area contributed by atoms with Gasteiger partial charge in [0.25, 0.3) is 5.92 Å². The van der Waals surface area contributed by atoms with Crippen LogP contribution in [-0.2, 0) is 12.8 Å². The SMILES string of the molecule is C[C@H]1Cc2c([nH]c3cc(C(=O)O)ccc23)[C@H](c2c(F)cc(CC3CN(CCCF)C3)cc2F)N1CC(C)(F)F. The molecule has 1 aromatic heterocycles. The lowest BCUT2D eigenvalue weighted by Gasteiger charge is -2.42. The number of carboxylic acids is 1. The maximum absolute atomic E-state index is 15.8. The second-order valence-corrected chi connectivity index (χ2v) is 11.1. The molecule has 2 aliphatic heterocycles. The molecule has 0 radical (unpaired) electrons. The number of carbonyl (C=O) groups is 1. The number of fused-ring (bicyclic) bond motifs is 3. The Bertz CT molecular complexity index is 1360. The van der Waals surface area contributed by atoms with Gasteiger partial charge in [-0.25, -0.2) is 22.4 Å². The van der Waals surface area contributed by atoms with E-state index in [4.69, 9.17) is 0 Å². The molecule has 0 saturated carbocycles. The van der Waals surface area contributed by atoms with Crippen molar-refractivity contribution in [2.45, 2.75) is 51.1 Å². The maximum atomic E-state index is 15.8. The molecule has 5 nitrogen and oxygen atoms in total. The van der Waals surface area contributed by atoms with Gasteiger partial charge in [0.05, 0.1) is 24.8 Å². The van der Waals surface area contributed by atoms with E-state index in [0.29, 0.717) is 48.0 Å². The second-order valence-electron chi connectivity index (χ2n) is 11.1. The van der Waals surface area contributed by atoms with E-state index in [1.807, 2.05) is 0 Å². The first kappa shape index (κ1) is 27.6. The summed E-state index contributed by atoms with van der Waals surface area (Å²) in [7, 11) is 0. The third-order valence-electron chi connectivity index (χ3n) is 7.89. The molecule has 0 amide bonds. The van der Waals surface area contributed by atoms with E-state index in [2.05, 4.69) is 9.88 Å². The molecule has 2 atom stereocenters. The van der Waals surface area contributed by atoms with Gasteiger partial charge in [0.1, 0.15) is 11.6 Å². The molecule has 3 heterocycles. The number of hydrogen-bond donors (Lipinski definition) is 2. The Morgan fingerprint density at radius 3 is 2.46 bits per heavy atom. The van der Waals surface area contributed by atoms with Crippen molar-refractivity contribution in [2.24, 2.45) is 5.92 Å². The van der Waals surface area contributed by atoms with Crippen molar-refractivity contribution < 1.29 is 31.9 Å². The van der Waals surface area contributed by atoms with E-state index < -0.39 is 42.2 Å². The number of H-pyrrole nitrogens is 1. The molecule has 39 heavy (non-hydrogen) atoms. The van der Waals surface area contributed by atoms with E-state index in [1.54, 1.807) is 13.0 Å². The van der Waals surface area contributed by atoms with Crippen molar-refractivity contribution in [1.82, 2.24) is 14.8 Å². The van der Waals surface area contributed by atoms with Crippen LogP contribution in [0.4, 0.5) is 22.0 Å². The van der Waals surface area contributed by atoms with Crippen molar-refractivity contribution in [2.75, 3.05) is 32.9 Å². The summed E-state index contributed by atoms with van der Waals surface area (Å²) in [5.74, 6) is -5.64. The van der Waals surface area contributed by atoms with Crippen LogP contribution in [0, 0.1) is 17.6 Å². The number of rotatable bonds is 9. The number of nitrogens with one attached hydrogen (secondary N) is 1. The molecule has 1 fully saturated rings. The van der Waals surface area contributed by atoms with E-state index in [9.17, 15) is 23.1 Å². The lowest BCUT2D eigenvalue weighted by Crippen LogP contribution is -2.48. The van der Waals surface area contributed by atoms with Crippen LogP contribution in [0.1, 0.15) is 59.1 Å². The fourth-order valence-corrected chi connectivity index (χ4v) is 6.19. The van der Waals surface area contributed by atoms with Crippen molar-refractivity contribution in [3.8, 4) is 0 Å². The molecular formula is C29H32F5N3O2. The molecule has 1 saturated heterocycles. The molecule has 0 spiro atoms. The number of alkyl halides is 3. The monoisotopic (exact) mass is 549 g/mol. The Kier molecular flexibility index (Phi) is 7.45. The fourth-order valence-electron chi connectivity index (χ4n) is 6.19. The maximum Gasteiger partial charge on any atom is 0.335 e. The minimum absolute atomic E-state index is 0.0450. The summed E-state index contributed by atoms with van der Waals surface area (Å²) < 4.78 is 72.6. The lowest BCUT2D eigenvalue weighted by atomic mass is 9.86. The normalized spacial score (nSPS) is 20.8. The highest BCUT2D eigenvalue weighted by molar-refractivity contribution is 5.95. The Morgan fingerprint density at radius 1 is 1.15 bits per heavy atom. The minimum Gasteiger partial charge on any atom is -0.478 e. The van der Waals surface area contributed by atoms with Crippen LogP contribution in [0.25, 0.3) is 10.9 Å². The summed E-state index contributed by atoms with van der Waals surface area (Å²) in [5.41, 5.74) is 1.83. The van der Waals surface area contributed by atoms with Gasteiger partial charge in [0.15, 0.2) is 0 Å². The first-order chi connectivity index (χ1) is 18.4. The van der Waals surface area contributed by atoms with Gasteiger partial charge in [-0.05, 0) is 67.5 Å². The molecule has 0 aliphatic carbocycles. The molecule has 5 rings (SSSR count). The highest BCUT2D eigenvalue weighted by Crippen LogP contribution is 2.43. The third kappa shape index (κ3) is 5.54. The number of aromatic nitrogens is 1. The molecule has 2 aromatic carbocycles. The average molecular weight is 550 g/mol. The average Bonchev–Trinajstić information content (AvgIpc) is 3.18. The quantitative estimate of drug-likeness (QED) is 0.323. The van der Waals surface area contributed by atoms with Crippen molar-refractivity contribution in [3.63, 3.8) is 0 Å². The first-order valence-electron chi connectivity index (χ1n) is 13.2. The summed E-state index contributed by atoms with van der Waals surface area (Å²) in [4.78, 5) is 18.1. The number of aromatic amines is 1. The van der Waals surface area contributed by atoms with Crippen LogP contribution in [0.3, 0.4) is 0 Å². The molecule has 0 unspecified atom stereocenters. The number of carboxylic acid groups (broad SMARTS) is 1. The number of hydrogen-bond acceptors (Lipinski definition) is 3. The van der Waals surface area contributed by atoms with Gasteiger partial charge < -0.3 is 15.0 Å². The van der Waals surface area contributed by atoms with E-state index in [1.165, 1.54) is 29.2 Å². The molecule has 10 heteroatoms. The highest BCUT2D eigenvalue weighted by Gasteiger charge is 2.42. The van der Waals surface area contributed by atoms with Gasteiger partial charge >= 0.3 is 5.97 Å². The van der Waals surface area contributed by atoms with Gasteiger partial charge in [-0.1, -0.05) is 6.07 Å². The highest BCUT2D eigenvalue weighted by atomic mass is 19.3. The zero-order chi connectivity index (χ0) is 28.1. The van der Waals surface area contributed by atoms with Crippen molar-refractivity contribution >= 4 is 16.9 Å². The zero-order valence-corrected chi connectivity index (χ0v) is 21.9. The summed E-state index contributed by atoms with van der Waals surface area (Å²) >= 11 is 0. The summed E-state index contributed by atoms with van der Waals surface area (Å²) in [6.07, 6.45) is 1.29. The predicted octanol–water partition coefficient (Wildman–Crippen LogP) is 5.97. The van der Waals surface area contributed by atoms with Gasteiger partial charge in [-0.3, -0.25) is 9.29 Å². The van der Waals surface area contributed by atoms with Crippen LogP contribution < -0.4 is 0 Å². The fraction of sp³-hybridized carbons (Fsp3) is 0.483. The van der Waals surface area contributed by atoms with Gasteiger partial charge in [0, 0.05) is 54.8 Å². The van der Waals surface area contributed by atoms with E-state index >= 15 is 8.78 Å². The zero-order valence-electron chi connectivity index (χ0n) is 21.9. The minimum atomic E-state index is -3.11. The molecule has 2 aliphatic rings. The lowest BCUT2D eigenvalue weighted by molar-refractivity contribution is -0.0374. The Labute approximate surface area is 223 Å². The Hall–Kier alpha value is -2.98. The summed E-state index contributed by atoms with van der Waals surface area (Å²) in [6, 6.07) is 5.51. The molecule has 2 N–H and O–H groups in total. The number of benzene rings is 2. The summed E-state index contributed by atoms with van der Waals surface area (Å²) in [6.45, 7) is 3.59. The van der Waals surface area contributed by atoms with Gasteiger partial charge in [-0.2, -0.15) is 0 Å². The van der Waals surface area contributed by atoms with Crippen LogP contribution in [0.15, 0.2) is 30.3 Å². The van der Waals surface area contributed by atoms with E-state index in [-0.39, 0.29) is 23.7 Å². The smallest absolute Gasteiger partial charge is 0.335 e. The predicted molar refractivity (Wildman–Crippen MR) is 138 cm³/mol. The Balaban J connectivity index is 1.53. The van der Waals surface area contributed by atoms with Crippen LogP contribution >= 0.6 is 0 Å². The number of halogens is 5. The molecule has 3 aromatic rings. The number of nitrogens with zero attached hydrogens (tertiary/aromatic N) is 2. The Morgan fingerprint density at radius 2 is 1.85 bits per heavy atom. The van der Waals surface area contributed by atoms with Crippen LogP contribution in [0.2, 0.25) is 0 Å². The van der Waals surface area contributed by atoms with Crippen molar-refractivity contribution in [3.05, 3.63) is 69.9 Å². The molecular weight excluding hydrogens is 517 g/mol. The van der Waals surface area contributed by atoms with Gasteiger partial charge in [0.2, 0.25) is 0 Å². The summed E-state index contributed by atoms with van der Waals surface area (Å²) in [5, 5.41) is 10.1. The van der Waals surface area contributed by atoms with E-state index in [0.717, 1.165) is 25.6 Å². The first-order valence-corrected chi connectivity index (χ1v) is 13.2. The number of likely N-dealkylation sites (tertiary alicyclic amines) is 1. The van der Waals surface area contributed by atoms with Crippen LogP contribution in [0.5, 0.6) is 0 Å². The molecule has 210 valence electrons. The second kappa shape index (κ2) is 10.5. The van der Waals surface area contributed by atoms with Crippen LogP contribution in [-0.4, -0.2) is 70.7 Å². The third-order valence-corrected chi connectivity index (χ3v) is 7.89. The standard InChI is InChI=1S/C29H32F5N3O2/c1-16-8-21-20-5-4-19(28(38)39)12-24(20)35-26(21)27(37(16)15-29(2,33)34)25-22(31)10-17(11-23(25)32)9-18-13-36(14-18)7-3-6-30/h4-5,10-12,16,18,27,35H,3,6-9,13-15H2,1-2H3,(H,38,39)/t16-,27-/m0/s1. The largest absolute Gasteiger partial charge is 0.478 e.